The first-order chi connectivity index (χ1) is 12.6. The smallest absolute Gasteiger partial charge is 0.356 e. The second-order valence-electron chi connectivity index (χ2n) is 6.20. The van der Waals surface area contributed by atoms with Gasteiger partial charge in [-0.05, 0) is 42.0 Å². The largest absolute Gasteiger partial charge is 0.466 e. The molecule has 4 rings (SSSR count). The van der Waals surface area contributed by atoms with Crippen molar-refractivity contribution in [1.29, 1.82) is 0 Å². The van der Waals surface area contributed by atoms with Crippen LogP contribution >= 0.6 is 11.6 Å². The van der Waals surface area contributed by atoms with E-state index in [-0.39, 0.29) is 0 Å². The van der Waals surface area contributed by atoms with Crippen LogP contribution < -0.4 is 10.3 Å². The number of hydrogen-bond acceptors (Lipinski definition) is 3. The van der Waals surface area contributed by atoms with Crippen LogP contribution in [0.4, 0.5) is 5.95 Å². The number of furan rings is 1. The van der Waals surface area contributed by atoms with Crippen LogP contribution in [0, 0.1) is 0 Å². The summed E-state index contributed by atoms with van der Waals surface area (Å²) in [6.45, 7) is 0.931. The summed E-state index contributed by atoms with van der Waals surface area (Å²) in [6, 6.07) is 19.2. The van der Waals surface area contributed by atoms with Gasteiger partial charge in [0.25, 0.3) is 0 Å². The molecule has 2 aromatic carbocycles. The lowest BCUT2D eigenvalue weighted by Crippen LogP contribution is -2.37. The van der Waals surface area contributed by atoms with Crippen LogP contribution in [0.5, 0.6) is 0 Å². The number of aliphatic hydroxyl groups is 1. The van der Waals surface area contributed by atoms with E-state index in [0.717, 1.165) is 16.6 Å². The van der Waals surface area contributed by atoms with Gasteiger partial charge in [0.2, 0.25) is 0 Å². The molecule has 5 nitrogen and oxygen atoms in total. The van der Waals surface area contributed by atoms with Gasteiger partial charge in [-0.2, -0.15) is 0 Å². The summed E-state index contributed by atoms with van der Waals surface area (Å²) in [5.74, 6) is 1.10. The normalized spacial score (nSPS) is 12.5. The highest BCUT2D eigenvalue weighted by molar-refractivity contribution is 6.30. The van der Waals surface area contributed by atoms with E-state index in [1.165, 1.54) is 0 Å². The van der Waals surface area contributed by atoms with Gasteiger partial charge < -0.3 is 9.52 Å². The summed E-state index contributed by atoms with van der Waals surface area (Å²) < 4.78 is 9.26. The number of nitrogens with two attached hydrogens (primary N) is 1. The molecule has 26 heavy (non-hydrogen) atoms. The number of aromatic nitrogens is 2. The Hall–Kier alpha value is -2.76. The maximum absolute atomic E-state index is 10.5. The molecule has 0 saturated heterocycles. The minimum Gasteiger partial charge on any atom is -0.466 e. The van der Waals surface area contributed by atoms with Gasteiger partial charge in [0.1, 0.15) is 29.4 Å². The standard InChI is InChI=1S/C20H18ClN3O2/c21-15-9-7-14(8-10-15)12-23-16-4-1-2-5-17(16)24(20(23)22)13-18(25)19-6-3-11-26-19/h1-11,18,22,25H,12-13H2/p+1. The molecule has 132 valence electrons. The molecule has 0 aliphatic rings. The predicted octanol–water partition coefficient (Wildman–Crippen LogP) is 3.54. The van der Waals surface area contributed by atoms with Gasteiger partial charge in [-0.15, -0.1) is 0 Å². The Morgan fingerprint density at radius 3 is 2.58 bits per heavy atom. The molecule has 0 aliphatic carbocycles. The minimum atomic E-state index is -0.771. The van der Waals surface area contributed by atoms with Crippen molar-refractivity contribution < 1.29 is 14.1 Å². The Labute approximate surface area is 155 Å². The van der Waals surface area contributed by atoms with E-state index in [4.69, 9.17) is 21.8 Å². The minimum absolute atomic E-state index is 0.313. The summed E-state index contributed by atoms with van der Waals surface area (Å²) >= 11 is 5.98. The van der Waals surface area contributed by atoms with Crippen molar-refractivity contribution in [3.63, 3.8) is 0 Å². The number of hydrogen-bond donors (Lipinski definition) is 2. The van der Waals surface area contributed by atoms with E-state index < -0.39 is 6.10 Å². The van der Waals surface area contributed by atoms with E-state index in [9.17, 15) is 5.11 Å². The fourth-order valence-corrected chi connectivity index (χ4v) is 3.31. The van der Waals surface area contributed by atoms with Crippen LogP contribution in [0.15, 0.2) is 71.3 Å². The second kappa shape index (κ2) is 6.86. The quantitative estimate of drug-likeness (QED) is 0.529. The van der Waals surface area contributed by atoms with Crippen LogP contribution in [-0.2, 0) is 13.1 Å². The van der Waals surface area contributed by atoms with Gasteiger partial charge in [-0.3, -0.25) is 5.73 Å². The number of nitrogens with zero attached hydrogens (tertiary/aromatic N) is 2. The Bertz CT molecular complexity index is 1020. The molecule has 2 aromatic heterocycles. The third kappa shape index (κ3) is 3.07. The fourth-order valence-electron chi connectivity index (χ4n) is 3.19. The maximum Gasteiger partial charge on any atom is 0.356 e. The molecule has 1 unspecified atom stereocenters. The number of para-hydroxylation sites is 2. The van der Waals surface area contributed by atoms with Crippen LogP contribution in [0.2, 0.25) is 5.02 Å². The molecule has 0 fully saturated rings. The van der Waals surface area contributed by atoms with Crippen molar-refractivity contribution in [2.75, 3.05) is 5.73 Å². The number of imidazole rings is 1. The van der Waals surface area contributed by atoms with Gasteiger partial charge in [0.05, 0.1) is 12.8 Å². The van der Waals surface area contributed by atoms with Crippen molar-refractivity contribution in [3.05, 3.63) is 83.3 Å². The lowest BCUT2D eigenvalue weighted by Gasteiger charge is -2.07. The average molecular weight is 369 g/mol. The molecule has 2 heterocycles. The molecule has 6 heteroatoms. The number of benzene rings is 2. The lowest BCUT2D eigenvalue weighted by atomic mass is 10.2. The zero-order chi connectivity index (χ0) is 18.1. The molecule has 0 amide bonds. The Balaban J connectivity index is 1.74. The Morgan fingerprint density at radius 2 is 1.85 bits per heavy atom. The SMILES string of the molecule is Nc1n(CC(O)c2ccco2)c2ccccc2[n+]1Cc1ccc(Cl)cc1. The fraction of sp³-hybridized carbons (Fsp3) is 0.150. The van der Waals surface area contributed by atoms with Gasteiger partial charge >= 0.3 is 5.95 Å². The van der Waals surface area contributed by atoms with Gasteiger partial charge in [-0.25, -0.2) is 9.13 Å². The lowest BCUT2D eigenvalue weighted by molar-refractivity contribution is -0.648. The predicted molar refractivity (Wildman–Crippen MR) is 101 cm³/mol. The number of rotatable bonds is 5. The second-order valence-corrected chi connectivity index (χ2v) is 6.64. The molecule has 0 radical (unpaired) electrons. The van der Waals surface area contributed by atoms with Gasteiger partial charge in [0.15, 0.2) is 0 Å². The summed E-state index contributed by atoms with van der Waals surface area (Å²) in [5, 5.41) is 11.2. The number of halogens is 1. The highest BCUT2D eigenvalue weighted by Gasteiger charge is 2.24. The van der Waals surface area contributed by atoms with E-state index in [2.05, 4.69) is 0 Å². The summed E-state index contributed by atoms with van der Waals surface area (Å²) in [7, 11) is 0. The monoisotopic (exact) mass is 368 g/mol. The highest BCUT2D eigenvalue weighted by atomic mass is 35.5. The summed E-state index contributed by atoms with van der Waals surface area (Å²) in [6.07, 6.45) is 0.781. The Kier molecular flexibility index (Phi) is 4.41. The van der Waals surface area contributed by atoms with E-state index >= 15 is 0 Å². The molecule has 0 saturated carbocycles. The first-order valence-corrected chi connectivity index (χ1v) is 8.74. The van der Waals surface area contributed by atoms with Crippen molar-refractivity contribution in [1.82, 2.24) is 4.57 Å². The van der Waals surface area contributed by atoms with Crippen molar-refractivity contribution in [3.8, 4) is 0 Å². The molecule has 0 bridgehead atoms. The number of aliphatic hydroxyl groups excluding tert-OH is 1. The highest BCUT2D eigenvalue weighted by Crippen LogP contribution is 2.22. The third-order valence-corrected chi connectivity index (χ3v) is 4.75. The molecule has 3 N–H and O–H groups in total. The van der Waals surface area contributed by atoms with Crippen LogP contribution in [0.3, 0.4) is 0 Å². The summed E-state index contributed by atoms with van der Waals surface area (Å²) in [5.41, 5.74) is 9.52. The van der Waals surface area contributed by atoms with Crippen molar-refractivity contribution >= 4 is 28.6 Å². The zero-order valence-electron chi connectivity index (χ0n) is 14.0. The molecule has 0 spiro atoms. The molecular weight excluding hydrogens is 350 g/mol. The number of fused-ring (bicyclic) bond motifs is 1. The first kappa shape index (κ1) is 16.7. The molecule has 4 aromatic rings. The number of nitrogen functional groups attached to an aromatic ring is 1. The van der Waals surface area contributed by atoms with Crippen LogP contribution in [0.1, 0.15) is 17.4 Å². The third-order valence-electron chi connectivity index (χ3n) is 4.50. The average Bonchev–Trinajstić information content (AvgIpc) is 3.27. The maximum atomic E-state index is 10.5. The van der Waals surface area contributed by atoms with Crippen LogP contribution in [0.25, 0.3) is 11.0 Å². The van der Waals surface area contributed by atoms with Crippen LogP contribution in [-0.4, -0.2) is 9.67 Å². The number of anilines is 1. The topological polar surface area (TPSA) is 68.2 Å². The first-order valence-electron chi connectivity index (χ1n) is 8.36. The molecule has 0 aliphatic heterocycles. The van der Waals surface area contributed by atoms with Crippen molar-refractivity contribution in [2.45, 2.75) is 19.2 Å². The van der Waals surface area contributed by atoms with Gasteiger partial charge in [0, 0.05) is 5.02 Å². The van der Waals surface area contributed by atoms with E-state index in [1.54, 1.807) is 18.4 Å². The van der Waals surface area contributed by atoms with E-state index in [1.807, 2.05) is 57.7 Å². The zero-order valence-corrected chi connectivity index (χ0v) is 14.8. The molecule has 1 atom stereocenters. The molecular formula is C20H19ClN3O2+. The summed E-state index contributed by atoms with van der Waals surface area (Å²) in [4.78, 5) is 0. The van der Waals surface area contributed by atoms with Crippen molar-refractivity contribution in [2.24, 2.45) is 0 Å². The van der Waals surface area contributed by atoms with Gasteiger partial charge in [-0.1, -0.05) is 35.9 Å². The van der Waals surface area contributed by atoms with E-state index in [0.29, 0.717) is 29.8 Å². The Morgan fingerprint density at radius 1 is 1.08 bits per heavy atom.